The molecule has 0 radical (unpaired) electrons. The average Bonchev–Trinajstić information content (AvgIpc) is 2.91. The first-order valence-corrected chi connectivity index (χ1v) is 7.65. The molecular weight excluding hydrogens is 250 g/mol. The Morgan fingerprint density at radius 3 is 2.30 bits per heavy atom. The summed E-state index contributed by atoms with van der Waals surface area (Å²) in [5, 5.41) is 0. The minimum Gasteiger partial charge on any atom is -0.380 e. The molecular formula is C17H23NO2. The van der Waals surface area contributed by atoms with Crippen molar-refractivity contribution in [1.82, 2.24) is 4.90 Å². The third kappa shape index (κ3) is 2.73. The zero-order chi connectivity index (χ0) is 13.9. The van der Waals surface area contributed by atoms with Crippen molar-refractivity contribution < 1.29 is 9.53 Å². The standard InChI is InChI=1S/C17H23NO2/c1-20-12-13-6-8-14(9-7-13)17(19)18-10-15-4-2-3-5-16(15)11-18/h6-9,15-16H,2-5,10-12H2,1H3/t15-,16+. The van der Waals surface area contributed by atoms with Gasteiger partial charge in [0.25, 0.3) is 5.91 Å². The molecule has 0 unspecified atom stereocenters. The van der Waals surface area contributed by atoms with Crippen LogP contribution in [0.1, 0.15) is 41.6 Å². The molecule has 1 heterocycles. The molecule has 1 amide bonds. The van der Waals surface area contributed by atoms with Gasteiger partial charge in [-0.15, -0.1) is 0 Å². The lowest BCUT2D eigenvalue weighted by Crippen LogP contribution is -2.28. The highest BCUT2D eigenvalue weighted by Crippen LogP contribution is 2.36. The van der Waals surface area contributed by atoms with Crippen LogP contribution in [0.5, 0.6) is 0 Å². The number of benzene rings is 1. The normalized spacial score (nSPS) is 25.6. The molecule has 0 aromatic heterocycles. The monoisotopic (exact) mass is 273 g/mol. The fourth-order valence-corrected chi connectivity index (χ4v) is 3.66. The van der Waals surface area contributed by atoms with Crippen molar-refractivity contribution in [2.24, 2.45) is 11.8 Å². The predicted molar refractivity (Wildman–Crippen MR) is 78.5 cm³/mol. The van der Waals surface area contributed by atoms with Gasteiger partial charge in [0.15, 0.2) is 0 Å². The number of amides is 1. The molecule has 2 atom stereocenters. The van der Waals surface area contributed by atoms with Crippen molar-refractivity contribution in [1.29, 1.82) is 0 Å². The smallest absolute Gasteiger partial charge is 0.253 e. The van der Waals surface area contributed by atoms with Gasteiger partial charge in [-0.2, -0.15) is 0 Å². The van der Waals surface area contributed by atoms with Crippen LogP contribution >= 0.6 is 0 Å². The number of likely N-dealkylation sites (tertiary alicyclic amines) is 1. The van der Waals surface area contributed by atoms with Crippen molar-refractivity contribution >= 4 is 5.91 Å². The molecule has 1 aliphatic heterocycles. The Labute approximate surface area is 120 Å². The van der Waals surface area contributed by atoms with Gasteiger partial charge >= 0.3 is 0 Å². The Bertz CT molecular complexity index is 454. The predicted octanol–water partition coefficient (Wildman–Crippen LogP) is 3.10. The van der Waals surface area contributed by atoms with Crippen LogP contribution in [0.15, 0.2) is 24.3 Å². The lowest BCUT2D eigenvalue weighted by Gasteiger charge is -2.22. The van der Waals surface area contributed by atoms with Gasteiger partial charge in [-0.3, -0.25) is 4.79 Å². The van der Waals surface area contributed by atoms with E-state index in [4.69, 9.17) is 4.74 Å². The molecule has 0 N–H and O–H groups in total. The summed E-state index contributed by atoms with van der Waals surface area (Å²) >= 11 is 0. The van der Waals surface area contributed by atoms with Gasteiger partial charge in [-0.25, -0.2) is 0 Å². The minimum absolute atomic E-state index is 0.198. The lowest BCUT2D eigenvalue weighted by atomic mass is 9.82. The number of carbonyl (C=O) groups is 1. The number of hydrogen-bond donors (Lipinski definition) is 0. The molecule has 2 aliphatic rings. The third-order valence-corrected chi connectivity index (χ3v) is 4.78. The molecule has 108 valence electrons. The topological polar surface area (TPSA) is 29.5 Å². The van der Waals surface area contributed by atoms with Crippen molar-refractivity contribution in [3.8, 4) is 0 Å². The number of hydrogen-bond acceptors (Lipinski definition) is 2. The number of methoxy groups -OCH3 is 1. The maximum Gasteiger partial charge on any atom is 0.253 e. The van der Waals surface area contributed by atoms with Gasteiger partial charge < -0.3 is 9.64 Å². The number of nitrogens with zero attached hydrogens (tertiary/aromatic N) is 1. The minimum atomic E-state index is 0.198. The molecule has 3 heteroatoms. The molecule has 0 spiro atoms. The number of carbonyl (C=O) groups excluding carboxylic acids is 1. The first-order chi connectivity index (χ1) is 9.78. The molecule has 20 heavy (non-hydrogen) atoms. The van der Waals surface area contributed by atoms with Crippen molar-refractivity contribution in [2.75, 3.05) is 20.2 Å². The van der Waals surface area contributed by atoms with Gasteiger partial charge in [0.2, 0.25) is 0 Å². The van der Waals surface area contributed by atoms with Gasteiger partial charge in [-0.1, -0.05) is 25.0 Å². The van der Waals surface area contributed by atoms with E-state index in [-0.39, 0.29) is 5.91 Å². The first-order valence-electron chi connectivity index (χ1n) is 7.65. The van der Waals surface area contributed by atoms with E-state index in [1.165, 1.54) is 25.7 Å². The SMILES string of the molecule is COCc1ccc(C(=O)N2C[C@H]3CCCC[C@H]3C2)cc1. The molecule has 1 aromatic rings. The molecule has 1 saturated heterocycles. The van der Waals surface area contributed by atoms with Gasteiger partial charge in [0, 0.05) is 25.8 Å². The zero-order valence-corrected chi connectivity index (χ0v) is 12.2. The van der Waals surface area contributed by atoms with Crippen LogP contribution in [0, 0.1) is 11.8 Å². The summed E-state index contributed by atoms with van der Waals surface area (Å²) in [4.78, 5) is 14.6. The Balaban J connectivity index is 1.66. The zero-order valence-electron chi connectivity index (χ0n) is 12.2. The van der Waals surface area contributed by atoms with Crippen molar-refractivity contribution in [2.45, 2.75) is 32.3 Å². The Morgan fingerprint density at radius 1 is 1.15 bits per heavy atom. The van der Waals surface area contributed by atoms with E-state index in [9.17, 15) is 4.79 Å². The number of ether oxygens (including phenoxy) is 1. The molecule has 1 aliphatic carbocycles. The largest absolute Gasteiger partial charge is 0.380 e. The highest BCUT2D eigenvalue weighted by Gasteiger charge is 2.36. The molecule has 0 bridgehead atoms. The Morgan fingerprint density at radius 2 is 1.75 bits per heavy atom. The highest BCUT2D eigenvalue weighted by molar-refractivity contribution is 5.94. The van der Waals surface area contributed by atoms with Gasteiger partial charge in [-0.05, 0) is 42.4 Å². The fraction of sp³-hybridized carbons (Fsp3) is 0.588. The van der Waals surface area contributed by atoms with Crippen LogP contribution < -0.4 is 0 Å². The van der Waals surface area contributed by atoms with Gasteiger partial charge in [0.1, 0.15) is 0 Å². The lowest BCUT2D eigenvalue weighted by molar-refractivity contribution is 0.0784. The van der Waals surface area contributed by atoms with E-state index in [0.29, 0.717) is 6.61 Å². The summed E-state index contributed by atoms with van der Waals surface area (Å²) in [7, 11) is 1.69. The van der Waals surface area contributed by atoms with E-state index in [1.807, 2.05) is 24.3 Å². The van der Waals surface area contributed by atoms with Crippen molar-refractivity contribution in [3.63, 3.8) is 0 Å². The number of rotatable bonds is 3. The summed E-state index contributed by atoms with van der Waals surface area (Å²) in [6.45, 7) is 2.52. The van der Waals surface area contributed by atoms with Crippen LogP contribution in [0.3, 0.4) is 0 Å². The molecule has 1 aromatic carbocycles. The van der Waals surface area contributed by atoms with Crippen LogP contribution in [-0.2, 0) is 11.3 Å². The summed E-state index contributed by atoms with van der Waals surface area (Å²) < 4.78 is 5.10. The molecule has 1 saturated carbocycles. The van der Waals surface area contributed by atoms with Crippen LogP contribution in [-0.4, -0.2) is 31.0 Å². The van der Waals surface area contributed by atoms with Crippen molar-refractivity contribution in [3.05, 3.63) is 35.4 Å². The number of fused-ring (bicyclic) bond motifs is 1. The maximum absolute atomic E-state index is 12.6. The van der Waals surface area contributed by atoms with Crippen LogP contribution in [0.4, 0.5) is 0 Å². The van der Waals surface area contributed by atoms with E-state index in [0.717, 1.165) is 36.1 Å². The van der Waals surface area contributed by atoms with Crippen LogP contribution in [0.2, 0.25) is 0 Å². The highest BCUT2D eigenvalue weighted by atomic mass is 16.5. The summed E-state index contributed by atoms with van der Waals surface area (Å²) in [6.07, 6.45) is 5.30. The van der Waals surface area contributed by atoms with E-state index in [2.05, 4.69) is 4.90 Å². The molecule has 3 rings (SSSR count). The second-order valence-corrected chi connectivity index (χ2v) is 6.14. The van der Waals surface area contributed by atoms with E-state index < -0.39 is 0 Å². The van der Waals surface area contributed by atoms with Gasteiger partial charge in [0.05, 0.1) is 6.61 Å². The quantitative estimate of drug-likeness (QED) is 0.847. The van der Waals surface area contributed by atoms with Crippen LogP contribution in [0.25, 0.3) is 0 Å². The average molecular weight is 273 g/mol. The third-order valence-electron chi connectivity index (χ3n) is 4.78. The second-order valence-electron chi connectivity index (χ2n) is 6.14. The second kappa shape index (κ2) is 5.96. The Kier molecular flexibility index (Phi) is 4.06. The van der Waals surface area contributed by atoms with E-state index >= 15 is 0 Å². The Hall–Kier alpha value is -1.35. The summed E-state index contributed by atoms with van der Waals surface area (Å²) in [5.74, 6) is 1.70. The first kappa shape index (κ1) is 13.6. The maximum atomic E-state index is 12.6. The molecule has 3 nitrogen and oxygen atoms in total. The van der Waals surface area contributed by atoms with E-state index in [1.54, 1.807) is 7.11 Å². The fourth-order valence-electron chi connectivity index (χ4n) is 3.66. The summed E-state index contributed by atoms with van der Waals surface area (Å²) in [5.41, 5.74) is 1.92. The molecule has 2 fully saturated rings. The summed E-state index contributed by atoms with van der Waals surface area (Å²) in [6, 6.07) is 7.83.